The fourth-order valence-electron chi connectivity index (χ4n) is 1.63. The van der Waals surface area contributed by atoms with E-state index in [2.05, 4.69) is 5.32 Å². The molecule has 0 aliphatic heterocycles. The van der Waals surface area contributed by atoms with Crippen molar-refractivity contribution in [1.29, 1.82) is 0 Å². The lowest BCUT2D eigenvalue weighted by Crippen LogP contribution is -2.48. The number of rotatable bonds is 4. The molecule has 1 atom stereocenters. The van der Waals surface area contributed by atoms with E-state index in [4.69, 9.17) is 28.3 Å². The first-order chi connectivity index (χ1) is 9.61. The van der Waals surface area contributed by atoms with Gasteiger partial charge in [-0.05, 0) is 29.2 Å². The minimum atomic E-state index is -1.07. The quantitative estimate of drug-likeness (QED) is 0.829. The van der Waals surface area contributed by atoms with Crippen LogP contribution in [0.2, 0.25) is 10.0 Å². The van der Waals surface area contributed by atoms with Gasteiger partial charge in [-0.25, -0.2) is 4.79 Å². The van der Waals surface area contributed by atoms with E-state index >= 15 is 0 Å². The van der Waals surface area contributed by atoms with Crippen molar-refractivity contribution in [2.45, 2.75) is 26.8 Å². The maximum absolute atomic E-state index is 11.8. The van der Waals surface area contributed by atoms with Crippen LogP contribution >= 0.6 is 23.2 Å². The molecule has 0 aliphatic carbocycles. The molecule has 1 rings (SSSR count). The Labute approximate surface area is 133 Å². The number of amides is 1. The number of carboxylic acid groups (broad SMARTS) is 1. The van der Waals surface area contributed by atoms with Gasteiger partial charge in [-0.15, -0.1) is 0 Å². The van der Waals surface area contributed by atoms with E-state index in [0.29, 0.717) is 15.6 Å². The summed E-state index contributed by atoms with van der Waals surface area (Å²) in [5.74, 6) is -1.55. The standard InChI is InChI=1S/C15H17Cl2NO3/c1-15(2,3)13(14(20)21)18-12(19)7-5-9-4-6-10(16)11(17)8-9/h4-8,13H,1-3H3,(H,18,19)(H,20,21)/b7-5+/t13-/m1/s1. The van der Waals surface area contributed by atoms with Gasteiger partial charge in [0.05, 0.1) is 10.0 Å². The molecule has 0 saturated carbocycles. The SMILES string of the molecule is CC(C)(C)[C@H](NC(=O)/C=C/c1ccc(Cl)c(Cl)c1)C(=O)O. The maximum atomic E-state index is 11.8. The zero-order valence-electron chi connectivity index (χ0n) is 12.0. The first kappa shape index (κ1) is 17.5. The van der Waals surface area contributed by atoms with Gasteiger partial charge in [0.15, 0.2) is 0 Å². The number of hydrogen-bond acceptors (Lipinski definition) is 2. The molecule has 0 aromatic heterocycles. The van der Waals surface area contributed by atoms with Crippen LogP contribution in [0.5, 0.6) is 0 Å². The summed E-state index contributed by atoms with van der Waals surface area (Å²) in [4.78, 5) is 23.0. The molecule has 1 amide bonds. The first-order valence-corrected chi connectivity index (χ1v) is 7.03. The van der Waals surface area contributed by atoms with Gasteiger partial charge in [-0.2, -0.15) is 0 Å². The van der Waals surface area contributed by atoms with Crippen LogP contribution in [0.1, 0.15) is 26.3 Å². The Balaban J connectivity index is 2.78. The highest BCUT2D eigenvalue weighted by molar-refractivity contribution is 6.42. The van der Waals surface area contributed by atoms with Gasteiger partial charge in [-0.3, -0.25) is 4.79 Å². The zero-order chi connectivity index (χ0) is 16.2. The largest absolute Gasteiger partial charge is 0.480 e. The summed E-state index contributed by atoms with van der Waals surface area (Å²) in [6, 6.07) is 3.97. The molecule has 6 heteroatoms. The predicted molar refractivity (Wildman–Crippen MR) is 84.5 cm³/mol. The van der Waals surface area contributed by atoms with Gasteiger partial charge in [0.2, 0.25) is 5.91 Å². The lowest BCUT2D eigenvalue weighted by molar-refractivity contribution is -0.144. The van der Waals surface area contributed by atoms with Crippen molar-refractivity contribution in [2.75, 3.05) is 0 Å². The third-order valence-electron chi connectivity index (χ3n) is 2.77. The lowest BCUT2D eigenvalue weighted by atomic mass is 9.87. The van der Waals surface area contributed by atoms with E-state index in [0.717, 1.165) is 0 Å². The summed E-state index contributed by atoms with van der Waals surface area (Å²) in [6.07, 6.45) is 2.81. The van der Waals surface area contributed by atoms with E-state index in [9.17, 15) is 9.59 Å². The van der Waals surface area contributed by atoms with Crippen molar-refractivity contribution in [2.24, 2.45) is 5.41 Å². The van der Waals surface area contributed by atoms with Crippen LogP contribution < -0.4 is 5.32 Å². The number of benzene rings is 1. The van der Waals surface area contributed by atoms with Crippen LogP contribution in [-0.2, 0) is 9.59 Å². The second-order valence-electron chi connectivity index (χ2n) is 5.65. The van der Waals surface area contributed by atoms with Gasteiger partial charge in [-0.1, -0.05) is 50.0 Å². The molecule has 4 nitrogen and oxygen atoms in total. The number of hydrogen-bond donors (Lipinski definition) is 2. The van der Waals surface area contributed by atoms with Gasteiger partial charge >= 0.3 is 5.97 Å². The van der Waals surface area contributed by atoms with E-state index in [1.54, 1.807) is 45.0 Å². The van der Waals surface area contributed by atoms with Crippen molar-refractivity contribution in [1.82, 2.24) is 5.32 Å². The minimum absolute atomic E-state index is 0.386. The van der Waals surface area contributed by atoms with Crippen LogP contribution in [0.25, 0.3) is 6.08 Å². The molecule has 21 heavy (non-hydrogen) atoms. The molecule has 114 valence electrons. The topological polar surface area (TPSA) is 66.4 Å². The van der Waals surface area contributed by atoms with Crippen LogP contribution in [0.15, 0.2) is 24.3 Å². The number of carbonyl (C=O) groups is 2. The Bertz CT molecular complexity index is 577. The Kier molecular flexibility index (Phi) is 5.81. The number of carbonyl (C=O) groups excluding carboxylic acids is 1. The number of nitrogens with one attached hydrogen (secondary N) is 1. The van der Waals surface area contributed by atoms with Crippen LogP contribution in [0.4, 0.5) is 0 Å². The molecule has 0 bridgehead atoms. The van der Waals surface area contributed by atoms with Crippen molar-refractivity contribution >= 4 is 41.2 Å². The molecule has 2 N–H and O–H groups in total. The van der Waals surface area contributed by atoms with E-state index in [1.165, 1.54) is 6.08 Å². The Hall–Kier alpha value is -1.52. The van der Waals surface area contributed by atoms with Crippen LogP contribution in [0, 0.1) is 5.41 Å². The van der Waals surface area contributed by atoms with Crippen LogP contribution in [0.3, 0.4) is 0 Å². The highest BCUT2D eigenvalue weighted by atomic mass is 35.5. The second kappa shape index (κ2) is 6.96. The van der Waals surface area contributed by atoms with Crippen molar-refractivity contribution in [3.63, 3.8) is 0 Å². The summed E-state index contributed by atoms with van der Waals surface area (Å²) in [5.41, 5.74) is 0.112. The fraction of sp³-hybridized carbons (Fsp3) is 0.333. The normalized spacial score (nSPS) is 13.2. The number of aliphatic carboxylic acids is 1. The van der Waals surface area contributed by atoms with E-state index in [-0.39, 0.29) is 0 Å². The highest BCUT2D eigenvalue weighted by Crippen LogP contribution is 2.23. The summed E-state index contributed by atoms with van der Waals surface area (Å²) in [5, 5.41) is 12.4. The Morgan fingerprint density at radius 2 is 1.86 bits per heavy atom. The molecular formula is C15H17Cl2NO3. The van der Waals surface area contributed by atoms with Crippen LogP contribution in [-0.4, -0.2) is 23.0 Å². The van der Waals surface area contributed by atoms with Crippen molar-refractivity contribution in [3.05, 3.63) is 39.9 Å². The van der Waals surface area contributed by atoms with Gasteiger partial charge in [0.1, 0.15) is 6.04 Å². The fourth-order valence-corrected chi connectivity index (χ4v) is 1.93. The monoisotopic (exact) mass is 329 g/mol. The van der Waals surface area contributed by atoms with Crippen molar-refractivity contribution < 1.29 is 14.7 Å². The summed E-state index contributed by atoms with van der Waals surface area (Å²) in [6.45, 7) is 5.23. The summed E-state index contributed by atoms with van der Waals surface area (Å²) < 4.78 is 0. The molecular weight excluding hydrogens is 313 g/mol. The third kappa shape index (κ3) is 5.40. The zero-order valence-corrected chi connectivity index (χ0v) is 13.5. The van der Waals surface area contributed by atoms with Gasteiger partial charge < -0.3 is 10.4 Å². The molecule has 0 aliphatic rings. The summed E-state index contributed by atoms with van der Waals surface area (Å²) in [7, 11) is 0. The van der Waals surface area contributed by atoms with Crippen molar-refractivity contribution in [3.8, 4) is 0 Å². The summed E-state index contributed by atoms with van der Waals surface area (Å²) >= 11 is 11.7. The Morgan fingerprint density at radius 1 is 1.24 bits per heavy atom. The maximum Gasteiger partial charge on any atom is 0.326 e. The molecule has 0 heterocycles. The predicted octanol–water partition coefficient (Wildman–Crippen LogP) is 3.62. The molecule has 0 saturated heterocycles. The average molecular weight is 330 g/mol. The lowest BCUT2D eigenvalue weighted by Gasteiger charge is -2.27. The third-order valence-corrected chi connectivity index (χ3v) is 3.51. The first-order valence-electron chi connectivity index (χ1n) is 6.27. The molecule has 0 spiro atoms. The highest BCUT2D eigenvalue weighted by Gasteiger charge is 2.31. The van der Waals surface area contributed by atoms with Gasteiger partial charge in [0.25, 0.3) is 0 Å². The smallest absolute Gasteiger partial charge is 0.326 e. The number of carboxylic acids is 1. The van der Waals surface area contributed by atoms with E-state index < -0.39 is 23.3 Å². The molecule has 0 fully saturated rings. The molecule has 0 unspecified atom stereocenters. The number of halogens is 2. The van der Waals surface area contributed by atoms with E-state index in [1.807, 2.05) is 0 Å². The van der Waals surface area contributed by atoms with Gasteiger partial charge in [0, 0.05) is 6.08 Å². The average Bonchev–Trinajstić information content (AvgIpc) is 2.35. The Morgan fingerprint density at radius 3 is 2.33 bits per heavy atom. The molecule has 1 aromatic carbocycles. The second-order valence-corrected chi connectivity index (χ2v) is 6.47. The molecule has 0 radical (unpaired) electrons. The minimum Gasteiger partial charge on any atom is -0.480 e. The molecule has 1 aromatic rings.